The predicted molar refractivity (Wildman–Crippen MR) is 81.0 cm³/mol. The fourth-order valence-corrected chi connectivity index (χ4v) is 2.91. The van der Waals surface area contributed by atoms with Crippen LogP contribution in [0.5, 0.6) is 0 Å². The van der Waals surface area contributed by atoms with E-state index in [1.807, 2.05) is 0 Å². The van der Waals surface area contributed by atoms with Crippen LogP contribution in [0.3, 0.4) is 0 Å². The fraction of sp³-hybridized carbons (Fsp3) is 0.667. The van der Waals surface area contributed by atoms with Crippen molar-refractivity contribution in [3.63, 3.8) is 0 Å². The van der Waals surface area contributed by atoms with Crippen molar-refractivity contribution in [1.29, 1.82) is 0 Å². The average molecular weight is 352 g/mol. The number of carbonyl (C=O) groups excluding carboxylic acids is 1. The summed E-state index contributed by atoms with van der Waals surface area (Å²) in [5.41, 5.74) is 1.42. The first-order valence-corrected chi connectivity index (χ1v) is 7.14. The number of piperidine rings is 1. The number of hydrogen-bond donors (Lipinski definition) is 3. The Morgan fingerprint density at radius 2 is 2.05 bits per heavy atom. The predicted octanol–water partition coefficient (Wildman–Crippen LogP) is 2.20. The topological polar surface area (TPSA) is 69.8 Å². The molecule has 1 aliphatic rings. The molecule has 5 nitrogen and oxygen atoms in total. The number of aromatic nitrogens is 2. The maximum atomic E-state index is 12.1. The van der Waals surface area contributed by atoms with Gasteiger partial charge < -0.3 is 10.6 Å². The molecule has 1 fully saturated rings. The van der Waals surface area contributed by atoms with E-state index in [1.54, 1.807) is 0 Å². The Morgan fingerprint density at radius 3 is 2.58 bits per heavy atom. The minimum atomic E-state index is -0.100. The molecular formula is C12H20BrClN4O. The monoisotopic (exact) mass is 350 g/mol. The van der Waals surface area contributed by atoms with Crippen molar-refractivity contribution in [2.75, 3.05) is 13.1 Å². The summed E-state index contributed by atoms with van der Waals surface area (Å²) in [6, 6.07) is 0.254. The van der Waals surface area contributed by atoms with E-state index in [2.05, 4.69) is 50.6 Å². The molecule has 108 valence electrons. The van der Waals surface area contributed by atoms with Gasteiger partial charge >= 0.3 is 0 Å². The van der Waals surface area contributed by atoms with E-state index in [-0.39, 0.29) is 24.4 Å². The van der Waals surface area contributed by atoms with Crippen LogP contribution in [-0.4, -0.2) is 35.2 Å². The lowest BCUT2D eigenvalue weighted by Crippen LogP contribution is -2.42. The van der Waals surface area contributed by atoms with E-state index in [4.69, 9.17) is 0 Å². The number of rotatable bonds is 3. The van der Waals surface area contributed by atoms with Crippen LogP contribution in [-0.2, 0) is 0 Å². The van der Waals surface area contributed by atoms with Crippen LogP contribution in [0.4, 0.5) is 0 Å². The zero-order valence-corrected chi connectivity index (χ0v) is 13.5. The molecule has 2 heterocycles. The van der Waals surface area contributed by atoms with Crippen molar-refractivity contribution >= 4 is 34.2 Å². The lowest BCUT2D eigenvalue weighted by molar-refractivity contribution is 0.0923. The van der Waals surface area contributed by atoms with Crippen LogP contribution in [0.25, 0.3) is 0 Å². The molecular weight excluding hydrogens is 332 g/mol. The second kappa shape index (κ2) is 7.26. The second-order valence-electron chi connectivity index (χ2n) is 4.95. The van der Waals surface area contributed by atoms with Gasteiger partial charge in [-0.3, -0.25) is 9.89 Å². The van der Waals surface area contributed by atoms with Crippen LogP contribution in [0.2, 0.25) is 0 Å². The van der Waals surface area contributed by atoms with Gasteiger partial charge in [0.15, 0.2) is 5.69 Å². The zero-order chi connectivity index (χ0) is 13.1. The highest BCUT2D eigenvalue weighted by Crippen LogP contribution is 2.25. The molecule has 0 spiro atoms. The van der Waals surface area contributed by atoms with Gasteiger partial charge in [-0.2, -0.15) is 5.10 Å². The van der Waals surface area contributed by atoms with E-state index in [1.165, 1.54) is 0 Å². The molecule has 0 saturated carbocycles. The molecule has 0 unspecified atom stereocenters. The van der Waals surface area contributed by atoms with Crippen LogP contribution in [0.1, 0.15) is 48.8 Å². The third-order valence-corrected chi connectivity index (χ3v) is 4.00. The molecule has 19 heavy (non-hydrogen) atoms. The van der Waals surface area contributed by atoms with Crippen LogP contribution < -0.4 is 10.6 Å². The quantitative estimate of drug-likeness (QED) is 0.782. The minimum absolute atomic E-state index is 0. The molecule has 7 heteroatoms. The van der Waals surface area contributed by atoms with Gasteiger partial charge in [-0.1, -0.05) is 13.8 Å². The first-order valence-electron chi connectivity index (χ1n) is 6.35. The number of amides is 1. The van der Waals surface area contributed by atoms with Gasteiger partial charge in [0, 0.05) is 6.04 Å². The molecule has 2 rings (SSSR count). The van der Waals surface area contributed by atoms with Gasteiger partial charge in [-0.25, -0.2) is 0 Å². The van der Waals surface area contributed by atoms with E-state index in [0.29, 0.717) is 11.6 Å². The Hall–Kier alpha value is -0.590. The highest BCUT2D eigenvalue weighted by molar-refractivity contribution is 9.10. The Bertz CT molecular complexity index is 429. The summed E-state index contributed by atoms with van der Waals surface area (Å²) in [6.45, 7) is 6.05. The van der Waals surface area contributed by atoms with E-state index in [9.17, 15) is 4.79 Å². The van der Waals surface area contributed by atoms with Gasteiger partial charge in [-0.15, -0.1) is 12.4 Å². The first-order chi connectivity index (χ1) is 8.59. The first kappa shape index (κ1) is 16.5. The fourth-order valence-electron chi connectivity index (χ4n) is 2.09. The lowest BCUT2D eigenvalue weighted by atomic mass is 10.1. The highest BCUT2D eigenvalue weighted by atomic mass is 79.9. The Balaban J connectivity index is 0.00000180. The third-order valence-electron chi connectivity index (χ3n) is 3.20. The average Bonchev–Trinajstić information content (AvgIpc) is 2.72. The van der Waals surface area contributed by atoms with Crippen molar-refractivity contribution < 1.29 is 4.79 Å². The van der Waals surface area contributed by atoms with Crippen molar-refractivity contribution in [1.82, 2.24) is 20.8 Å². The Kier molecular flexibility index (Phi) is 6.29. The summed E-state index contributed by atoms with van der Waals surface area (Å²) in [7, 11) is 0. The number of H-pyrrole nitrogens is 1. The van der Waals surface area contributed by atoms with Crippen molar-refractivity contribution in [2.24, 2.45) is 0 Å². The molecule has 1 amide bonds. The van der Waals surface area contributed by atoms with Gasteiger partial charge in [0.05, 0.1) is 10.2 Å². The number of halogens is 2. The zero-order valence-electron chi connectivity index (χ0n) is 11.1. The summed E-state index contributed by atoms with van der Waals surface area (Å²) in [5, 5.41) is 13.3. The second-order valence-corrected chi connectivity index (χ2v) is 5.75. The van der Waals surface area contributed by atoms with Gasteiger partial charge in [0.1, 0.15) is 0 Å². The normalized spacial score (nSPS) is 16.2. The number of hydrogen-bond acceptors (Lipinski definition) is 3. The molecule has 1 aliphatic heterocycles. The lowest BCUT2D eigenvalue weighted by Gasteiger charge is -2.23. The molecule has 1 saturated heterocycles. The maximum absolute atomic E-state index is 12.1. The molecule has 3 N–H and O–H groups in total. The molecule has 0 bridgehead atoms. The maximum Gasteiger partial charge on any atom is 0.273 e. The summed E-state index contributed by atoms with van der Waals surface area (Å²) in [5.74, 6) is 0.212. The van der Waals surface area contributed by atoms with E-state index >= 15 is 0 Å². The highest BCUT2D eigenvalue weighted by Gasteiger charge is 2.22. The van der Waals surface area contributed by atoms with Crippen LogP contribution in [0.15, 0.2) is 4.47 Å². The largest absolute Gasteiger partial charge is 0.348 e. The molecule has 0 aliphatic carbocycles. The summed E-state index contributed by atoms with van der Waals surface area (Å²) in [6.07, 6.45) is 1.95. The number of nitrogens with one attached hydrogen (secondary N) is 3. The van der Waals surface area contributed by atoms with Crippen molar-refractivity contribution in [3.8, 4) is 0 Å². The van der Waals surface area contributed by atoms with E-state index in [0.717, 1.165) is 36.1 Å². The number of carbonyl (C=O) groups is 1. The van der Waals surface area contributed by atoms with E-state index < -0.39 is 0 Å². The summed E-state index contributed by atoms with van der Waals surface area (Å²) in [4.78, 5) is 12.1. The van der Waals surface area contributed by atoms with Crippen LogP contribution in [0, 0.1) is 0 Å². The Labute approximate surface area is 127 Å². The van der Waals surface area contributed by atoms with Gasteiger partial charge in [0.25, 0.3) is 5.91 Å². The number of nitrogens with zero attached hydrogens (tertiary/aromatic N) is 1. The molecule has 1 aromatic heterocycles. The molecule has 1 aromatic rings. The molecule has 0 aromatic carbocycles. The SMILES string of the molecule is CC(C)c1[nH]nc(C(=O)NC2CCNCC2)c1Br.Cl. The van der Waals surface area contributed by atoms with Crippen molar-refractivity contribution in [2.45, 2.75) is 38.6 Å². The molecule has 0 atom stereocenters. The van der Waals surface area contributed by atoms with Gasteiger partial charge in [-0.05, 0) is 47.8 Å². The summed E-state index contributed by atoms with van der Waals surface area (Å²) >= 11 is 3.45. The Morgan fingerprint density at radius 1 is 1.42 bits per heavy atom. The number of aromatic amines is 1. The van der Waals surface area contributed by atoms with Crippen LogP contribution >= 0.6 is 28.3 Å². The smallest absolute Gasteiger partial charge is 0.273 e. The minimum Gasteiger partial charge on any atom is -0.348 e. The summed E-state index contributed by atoms with van der Waals surface area (Å²) < 4.78 is 0.781. The third kappa shape index (κ3) is 3.94. The molecule has 0 radical (unpaired) electrons. The van der Waals surface area contributed by atoms with Gasteiger partial charge in [0.2, 0.25) is 0 Å². The standard InChI is InChI=1S/C12H19BrN4O.ClH/c1-7(2)10-9(13)11(17-16-10)12(18)15-8-3-5-14-6-4-8;/h7-8,14H,3-6H2,1-2H3,(H,15,18)(H,16,17);1H. The van der Waals surface area contributed by atoms with Crippen molar-refractivity contribution in [3.05, 3.63) is 15.9 Å².